The zero-order chi connectivity index (χ0) is 19.5. The summed E-state index contributed by atoms with van der Waals surface area (Å²) in [5.74, 6) is -0.558. The second kappa shape index (κ2) is 7.90. The van der Waals surface area contributed by atoms with Crippen molar-refractivity contribution in [2.24, 2.45) is 0 Å². The zero-order valence-electron chi connectivity index (χ0n) is 15.8. The number of fused-ring (bicyclic) bond motifs is 1. The van der Waals surface area contributed by atoms with Gasteiger partial charge >= 0.3 is 0 Å². The summed E-state index contributed by atoms with van der Waals surface area (Å²) in [6.45, 7) is 4.11. The molecular formula is C23H22FN3O. The lowest BCUT2D eigenvalue weighted by Crippen LogP contribution is -2.29. The number of nitrogens with one attached hydrogen (secondary N) is 2. The highest BCUT2D eigenvalue weighted by Gasteiger charge is 2.18. The van der Waals surface area contributed by atoms with Gasteiger partial charge in [-0.2, -0.15) is 0 Å². The number of rotatable bonds is 4. The van der Waals surface area contributed by atoms with E-state index in [1.807, 2.05) is 19.2 Å². The number of aryl methyl sites for hydroxylation is 1. The number of pyridine rings is 1. The fraction of sp³-hybridized carbons (Fsp3) is 0.217. The Morgan fingerprint density at radius 2 is 1.89 bits per heavy atom. The van der Waals surface area contributed by atoms with E-state index in [2.05, 4.69) is 15.6 Å². The standard InChI is InChI=1S/C23H22FN3O/c1-15-21(17-10-11-25-12-16(17)13-26-15)14-27-23(28)20-8-3-2-6-18(20)19-7-4-5-9-22(19)24/h2-9,13,25H,10-12,14H2,1H3,(H,27,28). The van der Waals surface area contributed by atoms with Crippen LogP contribution in [0.4, 0.5) is 4.39 Å². The fourth-order valence-corrected chi connectivity index (χ4v) is 3.74. The number of hydrogen-bond donors (Lipinski definition) is 2. The highest BCUT2D eigenvalue weighted by Crippen LogP contribution is 2.26. The summed E-state index contributed by atoms with van der Waals surface area (Å²) < 4.78 is 14.3. The molecule has 0 radical (unpaired) electrons. The molecule has 1 amide bonds. The van der Waals surface area contributed by atoms with E-state index in [-0.39, 0.29) is 11.7 Å². The van der Waals surface area contributed by atoms with Crippen molar-refractivity contribution in [2.45, 2.75) is 26.4 Å². The summed E-state index contributed by atoms with van der Waals surface area (Å²) in [4.78, 5) is 17.4. The largest absolute Gasteiger partial charge is 0.348 e. The lowest BCUT2D eigenvalue weighted by Gasteiger charge is -2.22. The predicted molar refractivity (Wildman–Crippen MR) is 107 cm³/mol. The topological polar surface area (TPSA) is 54.0 Å². The Morgan fingerprint density at radius 1 is 1.14 bits per heavy atom. The van der Waals surface area contributed by atoms with Crippen LogP contribution in [-0.4, -0.2) is 17.4 Å². The number of carbonyl (C=O) groups is 1. The average molecular weight is 375 g/mol. The molecule has 142 valence electrons. The van der Waals surface area contributed by atoms with Crippen LogP contribution in [-0.2, 0) is 19.5 Å². The highest BCUT2D eigenvalue weighted by atomic mass is 19.1. The third kappa shape index (κ3) is 3.53. The number of halogens is 1. The fourth-order valence-electron chi connectivity index (χ4n) is 3.74. The van der Waals surface area contributed by atoms with Crippen LogP contribution in [0.2, 0.25) is 0 Å². The number of amides is 1. The van der Waals surface area contributed by atoms with Crippen LogP contribution in [0.15, 0.2) is 54.7 Å². The molecule has 1 aromatic heterocycles. The first-order valence-corrected chi connectivity index (χ1v) is 9.44. The first-order valence-electron chi connectivity index (χ1n) is 9.44. The lowest BCUT2D eigenvalue weighted by molar-refractivity contribution is 0.0951. The van der Waals surface area contributed by atoms with Crippen LogP contribution >= 0.6 is 0 Å². The molecule has 4 nitrogen and oxygen atoms in total. The lowest BCUT2D eigenvalue weighted by atomic mass is 9.95. The van der Waals surface area contributed by atoms with Gasteiger partial charge in [-0.3, -0.25) is 9.78 Å². The van der Waals surface area contributed by atoms with Gasteiger partial charge in [0.25, 0.3) is 5.91 Å². The molecule has 0 unspecified atom stereocenters. The van der Waals surface area contributed by atoms with Crippen molar-refractivity contribution < 1.29 is 9.18 Å². The summed E-state index contributed by atoms with van der Waals surface area (Å²) in [6.07, 6.45) is 2.84. The monoisotopic (exact) mass is 375 g/mol. The molecular weight excluding hydrogens is 353 g/mol. The average Bonchev–Trinajstić information content (AvgIpc) is 2.73. The molecule has 28 heavy (non-hydrogen) atoms. The van der Waals surface area contributed by atoms with Crippen LogP contribution in [0.1, 0.15) is 32.7 Å². The molecule has 4 rings (SSSR count). The molecule has 0 atom stereocenters. The second-order valence-corrected chi connectivity index (χ2v) is 6.96. The molecule has 1 aliphatic rings. The summed E-state index contributed by atoms with van der Waals surface area (Å²) in [6, 6.07) is 13.6. The molecule has 5 heteroatoms. The van der Waals surface area contributed by atoms with Crippen molar-refractivity contribution in [2.75, 3.05) is 6.54 Å². The molecule has 0 saturated carbocycles. The quantitative estimate of drug-likeness (QED) is 0.730. The minimum Gasteiger partial charge on any atom is -0.348 e. The van der Waals surface area contributed by atoms with E-state index in [0.29, 0.717) is 23.2 Å². The van der Waals surface area contributed by atoms with E-state index in [1.165, 1.54) is 17.2 Å². The van der Waals surface area contributed by atoms with Gasteiger partial charge < -0.3 is 10.6 Å². The predicted octanol–water partition coefficient (Wildman–Crippen LogP) is 3.77. The Bertz CT molecular complexity index is 1030. The first kappa shape index (κ1) is 18.3. The molecule has 3 aromatic rings. The van der Waals surface area contributed by atoms with Crippen molar-refractivity contribution >= 4 is 5.91 Å². The Morgan fingerprint density at radius 3 is 2.71 bits per heavy atom. The van der Waals surface area contributed by atoms with Crippen LogP contribution < -0.4 is 10.6 Å². The van der Waals surface area contributed by atoms with E-state index < -0.39 is 0 Å². The third-order valence-electron chi connectivity index (χ3n) is 5.23. The van der Waals surface area contributed by atoms with Gasteiger partial charge in [-0.15, -0.1) is 0 Å². The number of carbonyl (C=O) groups excluding carboxylic acids is 1. The number of aromatic nitrogens is 1. The maximum atomic E-state index is 14.3. The van der Waals surface area contributed by atoms with Crippen molar-refractivity contribution in [3.8, 4) is 11.1 Å². The molecule has 2 heterocycles. The number of benzene rings is 2. The Balaban J connectivity index is 1.61. The molecule has 0 saturated heterocycles. The molecule has 0 spiro atoms. The van der Waals surface area contributed by atoms with Gasteiger partial charge in [0.2, 0.25) is 0 Å². The van der Waals surface area contributed by atoms with Gasteiger partial charge in [-0.25, -0.2) is 4.39 Å². The second-order valence-electron chi connectivity index (χ2n) is 6.96. The van der Waals surface area contributed by atoms with Crippen molar-refractivity contribution in [3.63, 3.8) is 0 Å². The van der Waals surface area contributed by atoms with Gasteiger partial charge in [-0.05, 0) is 54.3 Å². The normalized spacial score (nSPS) is 13.1. The SMILES string of the molecule is Cc1ncc2c(c1CNC(=O)c1ccccc1-c1ccccc1F)CCNC2. The number of hydrogen-bond acceptors (Lipinski definition) is 3. The number of nitrogens with zero attached hydrogens (tertiary/aromatic N) is 1. The molecule has 0 fully saturated rings. The van der Waals surface area contributed by atoms with E-state index in [4.69, 9.17) is 0 Å². The van der Waals surface area contributed by atoms with E-state index >= 15 is 0 Å². The summed E-state index contributed by atoms with van der Waals surface area (Å²) in [5.41, 5.74) is 5.95. The van der Waals surface area contributed by atoms with Crippen molar-refractivity contribution in [1.29, 1.82) is 0 Å². The Hall–Kier alpha value is -3.05. The summed E-state index contributed by atoms with van der Waals surface area (Å²) in [5, 5.41) is 6.36. The molecule has 0 bridgehead atoms. The van der Waals surface area contributed by atoms with Gasteiger partial charge in [-0.1, -0.05) is 36.4 Å². The maximum absolute atomic E-state index is 14.3. The Labute approximate surface area is 163 Å². The minimum absolute atomic E-state index is 0.218. The van der Waals surface area contributed by atoms with E-state index in [0.717, 1.165) is 30.8 Å². The molecule has 2 N–H and O–H groups in total. The van der Waals surface area contributed by atoms with E-state index in [1.54, 1.807) is 36.4 Å². The molecule has 0 aliphatic carbocycles. The smallest absolute Gasteiger partial charge is 0.252 e. The first-order chi connectivity index (χ1) is 13.6. The van der Waals surface area contributed by atoms with E-state index in [9.17, 15) is 9.18 Å². The van der Waals surface area contributed by atoms with Crippen LogP contribution in [0.5, 0.6) is 0 Å². The highest BCUT2D eigenvalue weighted by molar-refractivity contribution is 6.00. The summed E-state index contributed by atoms with van der Waals surface area (Å²) in [7, 11) is 0. The van der Waals surface area contributed by atoms with Gasteiger partial charge in [0.05, 0.1) is 0 Å². The molecule has 2 aromatic carbocycles. The molecule has 1 aliphatic heterocycles. The zero-order valence-corrected chi connectivity index (χ0v) is 15.8. The van der Waals surface area contributed by atoms with Gasteiger partial charge in [0, 0.05) is 36.1 Å². The Kier molecular flexibility index (Phi) is 5.17. The third-order valence-corrected chi connectivity index (χ3v) is 5.23. The van der Waals surface area contributed by atoms with Gasteiger partial charge in [0.15, 0.2) is 0 Å². The van der Waals surface area contributed by atoms with Crippen molar-refractivity contribution in [1.82, 2.24) is 15.6 Å². The maximum Gasteiger partial charge on any atom is 0.252 e. The summed E-state index contributed by atoms with van der Waals surface area (Å²) >= 11 is 0. The van der Waals surface area contributed by atoms with Crippen LogP contribution in [0, 0.1) is 12.7 Å². The van der Waals surface area contributed by atoms with Crippen LogP contribution in [0.3, 0.4) is 0 Å². The van der Waals surface area contributed by atoms with Gasteiger partial charge in [0.1, 0.15) is 5.82 Å². The minimum atomic E-state index is -0.340. The van der Waals surface area contributed by atoms with Crippen molar-refractivity contribution in [3.05, 3.63) is 88.5 Å². The van der Waals surface area contributed by atoms with Crippen LogP contribution in [0.25, 0.3) is 11.1 Å².